The second-order valence-corrected chi connectivity index (χ2v) is 7.92. The highest BCUT2D eigenvalue weighted by Gasteiger charge is 2.15. The largest absolute Gasteiger partial charge is 0.493 e. The first-order valence-corrected chi connectivity index (χ1v) is 11.7. The van der Waals surface area contributed by atoms with E-state index in [2.05, 4.69) is 5.32 Å². The number of nitrogens with two attached hydrogens (primary N) is 1. The quantitative estimate of drug-likeness (QED) is 0.385. The summed E-state index contributed by atoms with van der Waals surface area (Å²) in [6.45, 7) is 2.40. The molecule has 0 atom stereocenters. The number of amides is 2. The van der Waals surface area contributed by atoms with Crippen LogP contribution in [0.2, 0.25) is 0 Å². The minimum atomic E-state index is -0.347. The summed E-state index contributed by atoms with van der Waals surface area (Å²) in [6, 6.07) is 15.2. The number of rotatable bonds is 15. The highest BCUT2D eigenvalue weighted by Crippen LogP contribution is 2.27. The summed E-state index contributed by atoms with van der Waals surface area (Å²) >= 11 is 0. The summed E-state index contributed by atoms with van der Waals surface area (Å²) in [7, 11) is 3.18. The van der Waals surface area contributed by atoms with Crippen LogP contribution >= 0.6 is 0 Å². The van der Waals surface area contributed by atoms with Crippen LogP contribution in [0.25, 0.3) is 0 Å². The van der Waals surface area contributed by atoms with Gasteiger partial charge >= 0.3 is 6.09 Å². The molecule has 0 aliphatic carbocycles. The van der Waals surface area contributed by atoms with E-state index in [4.69, 9.17) is 19.9 Å². The normalized spacial score (nSPS) is 10.4. The maximum absolute atomic E-state index is 12.6. The predicted octanol–water partition coefficient (Wildman–Crippen LogP) is 3.52. The second kappa shape index (κ2) is 15.6. The molecule has 34 heavy (non-hydrogen) atoms. The zero-order chi connectivity index (χ0) is 24.6. The Balaban J connectivity index is 1.73. The predicted molar refractivity (Wildman–Crippen MR) is 132 cm³/mol. The van der Waals surface area contributed by atoms with Crippen LogP contribution in [0.4, 0.5) is 4.79 Å². The van der Waals surface area contributed by atoms with Gasteiger partial charge in [0.05, 0.1) is 14.2 Å². The Morgan fingerprint density at radius 1 is 0.912 bits per heavy atom. The second-order valence-electron chi connectivity index (χ2n) is 7.92. The molecule has 0 bridgehead atoms. The number of carbonyl (C=O) groups excluding carboxylic acids is 2. The number of unbranched alkanes of at least 4 members (excludes halogenated alkanes) is 1. The Morgan fingerprint density at radius 3 is 2.35 bits per heavy atom. The molecule has 8 nitrogen and oxygen atoms in total. The first-order valence-electron chi connectivity index (χ1n) is 11.7. The van der Waals surface area contributed by atoms with Gasteiger partial charge in [-0.2, -0.15) is 0 Å². The van der Waals surface area contributed by atoms with E-state index in [0.29, 0.717) is 56.9 Å². The van der Waals surface area contributed by atoms with E-state index >= 15 is 0 Å². The van der Waals surface area contributed by atoms with Crippen LogP contribution in [0.1, 0.15) is 36.8 Å². The third-order valence-corrected chi connectivity index (χ3v) is 5.36. The van der Waals surface area contributed by atoms with Crippen LogP contribution in [0.5, 0.6) is 11.5 Å². The smallest absolute Gasteiger partial charge is 0.410 e. The van der Waals surface area contributed by atoms with E-state index < -0.39 is 0 Å². The van der Waals surface area contributed by atoms with E-state index in [1.807, 2.05) is 48.5 Å². The van der Waals surface area contributed by atoms with E-state index in [0.717, 1.165) is 24.0 Å². The summed E-state index contributed by atoms with van der Waals surface area (Å²) in [6.07, 6.45) is 2.92. The molecule has 0 heterocycles. The molecule has 0 saturated heterocycles. The van der Waals surface area contributed by atoms with E-state index in [1.54, 1.807) is 19.1 Å². The number of nitrogens with zero attached hydrogens (tertiary/aromatic N) is 1. The van der Waals surface area contributed by atoms with Gasteiger partial charge in [-0.15, -0.1) is 0 Å². The number of hydrogen-bond donors (Lipinski definition) is 2. The summed E-state index contributed by atoms with van der Waals surface area (Å²) < 4.78 is 16.0. The molecule has 0 aliphatic heterocycles. The fraction of sp³-hybridized carbons (Fsp3) is 0.462. The molecule has 0 unspecified atom stereocenters. The van der Waals surface area contributed by atoms with Crippen molar-refractivity contribution in [3.63, 3.8) is 0 Å². The number of methoxy groups -OCH3 is 2. The summed E-state index contributed by atoms with van der Waals surface area (Å²) in [5.41, 5.74) is 7.53. The average Bonchev–Trinajstić information content (AvgIpc) is 2.87. The van der Waals surface area contributed by atoms with Gasteiger partial charge in [0.15, 0.2) is 11.5 Å². The van der Waals surface area contributed by atoms with Crippen molar-refractivity contribution in [1.29, 1.82) is 0 Å². The van der Waals surface area contributed by atoms with Crippen molar-refractivity contribution in [2.75, 3.05) is 40.4 Å². The van der Waals surface area contributed by atoms with Gasteiger partial charge in [0, 0.05) is 26.1 Å². The van der Waals surface area contributed by atoms with Crippen molar-refractivity contribution in [1.82, 2.24) is 10.2 Å². The van der Waals surface area contributed by atoms with Crippen LogP contribution in [-0.4, -0.2) is 57.3 Å². The van der Waals surface area contributed by atoms with Crippen LogP contribution in [0.15, 0.2) is 48.5 Å². The van der Waals surface area contributed by atoms with E-state index in [-0.39, 0.29) is 18.6 Å². The molecule has 2 aromatic carbocycles. The van der Waals surface area contributed by atoms with Crippen molar-refractivity contribution in [2.24, 2.45) is 5.73 Å². The molecule has 3 N–H and O–H groups in total. The van der Waals surface area contributed by atoms with Gasteiger partial charge in [-0.05, 0) is 55.5 Å². The molecule has 8 heteroatoms. The Morgan fingerprint density at radius 2 is 1.65 bits per heavy atom. The highest BCUT2D eigenvalue weighted by molar-refractivity contribution is 5.76. The molecule has 0 radical (unpaired) electrons. The van der Waals surface area contributed by atoms with Gasteiger partial charge in [-0.25, -0.2) is 4.79 Å². The molecule has 0 spiro atoms. The van der Waals surface area contributed by atoms with Crippen LogP contribution in [0, 0.1) is 0 Å². The lowest BCUT2D eigenvalue weighted by Gasteiger charge is -2.22. The van der Waals surface area contributed by atoms with Gasteiger partial charge in [0.2, 0.25) is 5.91 Å². The monoisotopic (exact) mass is 471 g/mol. The van der Waals surface area contributed by atoms with Crippen molar-refractivity contribution in [2.45, 2.75) is 38.7 Å². The lowest BCUT2D eigenvalue weighted by atomic mass is 10.1. The number of carbonyl (C=O) groups is 2. The number of aryl methyl sites for hydroxylation is 1. The fourth-order valence-corrected chi connectivity index (χ4v) is 3.43. The molecule has 2 aromatic rings. The molecule has 0 aliphatic rings. The van der Waals surface area contributed by atoms with E-state index in [9.17, 15) is 9.59 Å². The van der Waals surface area contributed by atoms with Crippen LogP contribution in [0.3, 0.4) is 0 Å². The minimum Gasteiger partial charge on any atom is -0.493 e. The van der Waals surface area contributed by atoms with Gasteiger partial charge in [-0.3, -0.25) is 4.79 Å². The summed E-state index contributed by atoms with van der Waals surface area (Å²) in [5.74, 6) is 1.28. The lowest BCUT2D eigenvalue weighted by Crippen LogP contribution is -2.35. The molecule has 2 amide bonds. The molecule has 0 fully saturated rings. The first-order chi connectivity index (χ1) is 16.6. The Labute approximate surface area is 202 Å². The third-order valence-electron chi connectivity index (χ3n) is 5.36. The Kier molecular flexibility index (Phi) is 12.3. The van der Waals surface area contributed by atoms with E-state index in [1.165, 1.54) is 0 Å². The molecule has 0 saturated carbocycles. The Bertz CT molecular complexity index is 876. The number of hydrogen-bond acceptors (Lipinski definition) is 6. The molecule has 2 rings (SSSR count). The van der Waals surface area contributed by atoms with Crippen LogP contribution < -0.4 is 20.5 Å². The number of benzene rings is 2. The van der Waals surface area contributed by atoms with Gasteiger partial charge in [-0.1, -0.05) is 36.4 Å². The minimum absolute atomic E-state index is 0.0314. The number of ether oxygens (including phenoxy) is 3. The SMILES string of the molecule is COc1ccc(CCC(=O)NCCCN(CCCCN)C(=O)OCc2ccccc2)cc1OC. The molecule has 186 valence electrons. The van der Waals surface area contributed by atoms with Crippen LogP contribution in [-0.2, 0) is 22.6 Å². The maximum atomic E-state index is 12.6. The standard InChI is InChI=1S/C26H37N3O5/c1-32-23-13-11-21(19-24(23)33-2)12-14-25(30)28-16-8-18-29(17-7-6-15-27)26(31)34-20-22-9-4-3-5-10-22/h3-5,9-11,13,19H,6-8,12,14-18,20,27H2,1-2H3,(H,28,30). The fourth-order valence-electron chi connectivity index (χ4n) is 3.43. The van der Waals surface area contributed by atoms with Crippen molar-refractivity contribution >= 4 is 12.0 Å². The maximum Gasteiger partial charge on any atom is 0.410 e. The van der Waals surface area contributed by atoms with Gasteiger partial charge < -0.3 is 30.2 Å². The van der Waals surface area contributed by atoms with Crippen molar-refractivity contribution < 1.29 is 23.8 Å². The molecule has 0 aromatic heterocycles. The van der Waals surface area contributed by atoms with Gasteiger partial charge in [0.25, 0.3) is 0 Å². The highest BCUT2D eigenvalue weighted by atomic mass is 16.6. The lowest BCUT2D eigenvalue weighted by molar-refractivity contribution is -0.121. The average molecular weight is 472 g/mol. The molecular weight excluding hydrogens is 434 g/mol. The zero-order valence-corrected chi connectivity index (χ0v) is 20.3. The van der Waals surface area contributed by atoms with Crippen molar-refractivity contribution in [3.05, 3.63) is 59.7 Å². The first kappa shape index (κ1) is 27.0. The van der Waals surface area contributed by atoms with Crippen molar-refractivity contribution in [3.8, 4) is 11.5 Å². The Hall–Kier alpha value is -3.26. The third kappa shape index (κ3) is 9.70. The zero-order valence-electron chi connectivity index (χ0n) is 20.3. The molecular formula is C26H37N3O5. The summed E-state index contributed by atoms with van der Waals surface area (Å²) in [4.78, 5) is 26.5. The topological polar surface area (TPSA) is 103 Å². The summed E-state index contributed by atoms with van der Waals surface area (Å²) in [5, 5.41) is 2.93. The number of nitrogens with one attached hydrogen (secondary N) is 1. The van der Waals surface area contributed by atoms with Gasteiger partial charge in [0.1, 0.15) is 6.61 Å².